The lowest BCUT2D eigenvalue weighted by Crippen LogP contribution is -2.12. The van der Waals surface area contributed by atoms with E-state index in [4.69, 9.17) is 0 Å². The zero-order valence-corrected chi connectivity index (χ0v) is 12.4. The molecule has 104 valence electrons. The summed E-state index contributed by atoms with van der Waals surface area (Å²) in [6.07, 6.45) is 6.79. The van der Waals surface area contributed by atoms with E-state index in [1.54, 1.807) is 6.07 Å². The second-order valence-corrected chi connectivity index (χ2v) is 7.62. The van der Waals surface area contributed by atoms with Crippen molar-refractivity contribution in [2.75, 3.05) is 0 Å². The Kier molecular flexibility index (Phi) is 3.19. The molecule has 0 amide bonds. The summed E-state index contributed by atoms with van der Waals surface area (Å²) in [5.74, 6) is 2.25. The molecule has 0 saturated heterocycles. The second-order valence-electron chi connectivity index (χ2n) is 7.62. The van der Waals surface area contributed by atoms with E-state index in [0.29, 0.717) is 5.92 Å². The van der Waals surface area contributed by atoms with Crippen LogP contribution in [-0.4, -0.2) is 0 Å². The number of halogens is 1. The molecule has 0 aromatic heterocycles. The Labute approximate surface area is 116 Å². The lowest BCUT2D eigenvalue weighted by Gasteiger charge is -2.25. The van der Waals surface area contributed by atoms with Crippen LogP contribution in [-0.2, 0) is 5.41 Å². The van der Waals surface area contributed by atoms with E-state index in [-0.39, 0.29) is 11.2 Å². The third-order valence-corrected chi connectivity index (χ3v) is 5.05. The highest BCUT2D eigenvalue weighted by Crippen LogP contribution is 2.53. The summed E-state index contributed by atoms with van der Waals surface area (Å²) in [4.78, 5) is 0. The summed E-state index contributed by atoms with van der Waals surface area (Å²) in [5, 5.41) is 0. The van der Waals surface area contributed by atoms with Crippen LogP contribution in [0.1, 0.15) is 69.9 Å². The molecule has 0 nitrogen and oxygen atoms in total. The van der Waals surface area contributed by atoms with Crippen molar-refractivity contribution in [1.29, 1.82) is 0 Å². The largest absolute Gasteiger partial charge is 0.207 e. The van der Waals surface area contributed by atoms with Crippen molar-refractivity contribution < 1.29 is 4.39 Å². The molecule has 19 heavy (non-hydrogen) atoms. The molecule has 1 heteroatoms. The maximum absolute atomic E-state index is 14.3. The third-order valence-electron chi connectivity index (χ3n) is 5.05. The number of rotatable bonds is 3. The van der Waals surface area contributed by atoms with Crippen molar-refractivity contribution in [2.24, 2.45) is 11.8 Å². The highest BCUT2D eigenvalue weighted by atomic mass is 19.1. The molecule has 2 fully saturated rings. The van der Waals surface area contributed by atoms with Gasteiger partial charge < -0.3 is 0 Å². The van der Waals surface area contributed by atoms with Crippen molar-refractivity contribution in [2.45, 2.75) is 64.2 Å². The van der Waals surface area contributed by atoms with E-state index in [2.05, 4.69) is 26.8 Å². The first-order valence-corrected chi connectivity index (χ1v) is 7.75. The van der Waals surface area contributed by atoms with Gasteiger partial charge in [-0.25, -0.2) is 4.39 Å². The fourth-order valence-corrected chi connectivity index (χ4v) is 3.34. The normalized spacial score (nSPS) is 27.2. The van der Waals surface area contributed by atoms with Crippen LogP contribution in [0.4, 0.5) is 4.39 Å². The molecule has 1 aromatic carbocycles. The lowest BCUT2D eigenvalue weighted by molar-refractivity contribution is 0.281. The van der Waals surface area contributed by atoms with Gasteiger partial charge in [0.25, 0.3) is 0 Å². The van der Waals surface area contributed by atoms with E-state index < -0.39 is 0 Å². The Balaban J connectivity index is 1.69. The molecule has 2 saturated carbocycles. The molecule has 3 rings (SSSR count). The smallest absolute Gasteiger partial charge is 0.126 e. The highest BCUT2D eigenvalue weighted by molar-refractivity contribution is 5.34. The van der Waals surface area contributed by atoms with Crippen LogP contribution >= 0.6 is 0 Å². The van der Waals surface area contributed by atoms with Crippen LogP contribution in [0.5, 0.6) is 0 Å². The maximum atomic E-state index is 14.3. The Morgan fingerprint density at radius 1 is 1.21 bits per heavy atom. The first-order valence-electron chi connectivity index (χ1n) is 7.75. The summed E-state index contributed by atoms with van der Waals surface area (Å²) in [6.45, 7) is 6.41. The van der Waals surface area contributed by atoms with E-state index >= 15 is 0 Å². The molecule has 2 aliphatic carbocycles. The van der Waals surface area contributed by atoms with Gasteiger partial charge in [0, 0.05) is 0 Å². The quantitative estimate of drug-likeness (QED) is 0.681. The zero-order chi connectivity index (χ0) is 13.6. The molecule has 2 unspecified atom stereocenters. The zero-order valence-electron chi connectivity index (χ0n) is 12.4. The van der Waals surface area contributed by atoms with E-state index in [1.807, 2.05) is 6.07 Å². The number of hydrogen-bond acceptors (Lipinski definition) is 0. The van der Waals surface area contributed by atoms with Crippen LogP contribution in [0.2, 0.25) is 0 Å². The first-order chi connectivity index (χ1) is 8.95. The predicted octanol–water partition coefficient (Wildman–Crippen LogP) is 5.42. The van der Waals surface area contributed by atoms with E-state index in [9.17, 15) is 4.39 Å². The van der Waals surface area contributed by atoms with Crippen LogP contribution in [0.15, 0.2) is 18.2 Å². The predicted molar refractivity (Wildman–Crippen MR) is 77.9 cm³/mol. The van der Waals surface area contributed by atoms with Gasteiger partial charge in [-0.05, 0) is 53.2 Å². The van der Waals surface area contributed by atoms with Gasteiger partial charge in [0.15, 0.2) is 0 Å². The molecule has 2 atom stereocenters. The minimum absolute atomic E-state index is 0.0218. The van der Waals surface area contributed by atoms with Crippen LogP contribution < -0.4 is 0 Å². The first kappa shape index (κ1) is 13.1. The van der Waals surface area contributed by atoms with Crippen LogP contribution in [0.3, 0.4) is 0 Å². The van der Waals surface area contributed by atoms with Crippen LogP contribution in [0.25, 0.3) is 0 Å². The minimum atomic E-state index is 0.0218. The number of benzene rings is 1. The van der Waals surface area contributed by atoms with Gasteiger partial charge in [0.2, 0.25) is 0 Å². The van der Waals surface area contributed by atoms with Crippen molar-refractivity contribution in [1.82, 2.24) is 0 Å². The molecular weight excluding hydrogens is 235 g/mol. The maximum Gasteiger partial charge on any atom is 0.126 e. The lowest BCUT2D eigenvalue weighted by atomic mass is 9.81. The molecule has 0 spiro atoms. The summed E-state index contributed by atoms with van der Waals surface area (Å²) in [6, 6.07) is 5.92. The minimum Gasteiger partial charge on any atom is -0.207 e. The third kappa shape index (κ3) is 2.70. The van der Waals surface area contributed by atoms with Gasteiger partial charge in [-0.1, -0.05) is 52.2 Å². The summed E-state index contributed by atoms with van der Waals surface area (Å²) >= 11 is 0. The topological polar surface area (TPSA) is 0 Å². The molecule has 0 heterocycles. The summed E-state index contributed by atoms with van der Waals surface area (Å²) in [5.41, 5.74) is 2.11. The molecule has 1 aromatic rings. The molecule has 2 aliphatic rings. The Morgan fingerprint density at radius 3 is 2.47 bits per heavy atom. The second kappa shape index (κ2) is 4.61. The SMILES string of the molecule is CC(C)(C)c1ccc(C2CC2CC2CCC2)c(F)c1. The fraction of sp³-hybridized carbons (Fsp3) is 0.667. The van der Waals surface area contributed by atoms with Gasteiger partial charge in [-0.2, -0.15) is 0 Å². The van der Waals surface area contributed by atoms with Crippen molar-refractivity contribution >= 4 is 0 Å². The molecule has 0 bridgehead atoms. The monoisotopic (exact) mass is 260 g/mol. The van der Waals surface area contributed by atoms with Crippen molar-refractivity contribution in [3.63, 3.8) is 0 Å². The Morgan fingerprint density at radius 2 is 1.95 bits per heavy atom. The van der Waals surface area contributed by atoms with Gasteiger partial charge in [0.05, 0.1) is 0 Å². The standard InChI is InChI=1S/C18H25F/c1-18(2,3)14-7-8-15(17(19)11-14)16-10-13(16)9-12-5-4-6-12/h7-8,11-13,16H,4-6,9-10H2,1-3H3. The van der Waals surface area contributed by atoms with E-state index in [1.165, 1.54) is 32.1 Å². The summed E-state index contributed by atoms with van der Waals surface area (Å²) < 4.78 is 14.3. The average molecular weight is 260 g/mol. The summed E-state index contributed by atoms with van der Waals surface area (Å²) in [7, 11) is 0. The van der Waals surface area contributed by atoms with E-state index in [0.717, 1.165) is 23.0 Å². The van der Waals surface area contributed by atoms with Crippen molar-refractivity contribution in [3.8, 4) is 0 Å². The Bertz CT molecular complexity index is 465. The molecule has 0 radical (unpaired) electrons. The van der Waals surface area contributed by atoms with Crippen molar-refractivity contribution in [3.05, 3.63) is 35.1 Å². The van der Waals surface area contributed by atoms with Gasteiger partial charge in [-0.3, -0.25) is 0 Å². The van der Waals surface area contributed by atoms with Crippen LogP contribution in [0, 0.1) is 17.7 Å². The fourth-order valence-electron chi connectivity index (χ4n) is 3.34. The van der Waals surface area contributed by atoms with Gasteiger partial charge in [0.1, 0.15) is 5.82 Å². The molecular formula is C18H25F. The van der Waals surface area contributed by atoms with Gasteiger partial charge >= 0.3 is 0 Å². The molecule has 0 aliphatic heterocycles. The molecule has 0 N–H and O–H groups in total. The number of hydrogen-bond donors (Lipinski definition) is 0. The Hall–Kier alpha value is -0.850. The van der Waals surface area contributed by atoms with Gasteiger partial charge in [-0.15, -0.1) is 0 Å². The average Bonchev–Trinajstić information content (AvgIpc) is 3.01. The highest BCUT2D eigenvalue weighted by Gasteiger charge is 2.41.